The molecule has 0 atom stereocenters. The van der Waals surface area contributed by atoms with Crippen LogP contribution in [-0.2, 0) is 11.3 Å². The summed E-state index contributed by atoms with van der Waals surface area (Å²) in [5.74, 6) is 1.81. The van der Waals surface area contributed by atoms with Crippen LogP contribution < -0.4 is 15.4 Å². The zero-order valence-corrected chi connectivity index (χ0v) is 19.2. The summed E-state index contributed by atoms with van der Waals surface area (Å²) in [6.07, 6.45) is 2.59. The highest BCUT2D eigenvalue weighted by atomic mass is 127. The number of rotatable bonds is 9. The maximum absolute atomic E-state index is 11.6. The molecule has 6 nitrogen and oxygen atoms in total. The minimum Gasteiger partial charge on any atom is -0.493 e. The molecule has 152 valence electrons. The van der Waals surface area contributed by atoms with Crippen molar-refractivity contribution in [3.05, 3.63) is 28.8 Å². The summed E-state index contributed by atoms with van der Waals surface area (Å²) in [5.41, 5.74) is 0.996. The van der Waals surface area contributed by atoms with E-state index in [0.29, 0.717) is 24.6 Å². The number of likely N-dealkylation sites (tertiary alicyclic amines) is 1. The molecule has 0 aromatic heterocycles. The van der Waals surface area contributed by atoms with E-state index in [0.717, 1.165) is 56.3 Å². The number of hydrogen-bond acceptors (Lipinski definition) is 3. The lowest BCUT2D eigenvalue weighted by atomic mass is 10.2. The number of hydrogen-bond donors (Lipinski definition) is 2. The number of carbonyl (C=O) groups is 1. The quantitative estimate of drug-likeness (QED) is 0.232. The zero-order chi connectivity index (χ0) is 18.8. The van der Waals surface area contributed by atoms with Crippen LogP contribution in [0.3, 0.4) is 0 Å². The molecule has 0 spiro atoms. The minimum atomic E-state index is 0. The second-order valence-corrected chi connectivity index (χ2v) is 6.58. The fourth-order valence-corrected chi connectivity index (χ4v) is 3.03. The molecular weight excluding hydrogens is 479 g/mol. The number of carbonyl (C=O) groups excluding carboxylic acids is 1. The number of halogens is 2. The van der Waals surface area contributed by atoms with Crippen molar-refractivity contribution in [2.75, 3.05) is 32.8 Å². The van der Waals surface area contributed by atoms with Crippen molar-refractivity contribution in [2.45, 2.75) is 39.7 Å². The van der Waals surface area contributed by atoms with E-state index in [1.54, 1.807) is 0 Å². The molecule has 1 heterocycles. The molecule has 0 bridgehead atoms. The van der Waals surface area contributed by atoms with Gasteiger partial charge in [-0.05, 0) is 38.8 Å². The van der Waals surface area contributed by atoms with Crippen molar-refractivity contribution in [3.63, 3.8) is 0 Å². The fourth-order valence-electron chi connectivity index (χ4n) is 2.87. The first-order valence-electron chi connectivity index (χ1n) is 9.35. The predicted octanol–water partition coefficient (Wildman–Crippen LogP) is 3.42. The highest BCUT2D eigenvalue weighted by Gasteiger charge is 2.18. The lowest BCUT2D eigenvalue weighted by Gasteiger charge is -2.16. The van der Waals surface area contributed by atoms with E-state index in [2.05, 4.69) is 15.6 Å². The van der Waals surface area contributed by atoms with Crippen LogP contribution in [0.25, 0.3) is 0 Å². The molecule has 1 saturated heterocycles. The average molecular weight is 509 g/mol. The molecule has 1 aromatic carbocycles. The first kappa shape index (κ1) is 23.8. The summed E-state index contributed by atoms with van der Waals surface area (Å²) in [6.45, 7) is 8.33. The Kier molecular flexibility index (Phi) is 11.5. The molecule has 0 unspecified atom stereocenters. The van der Waals surface area contributed by atoms with Crippen LogP contribution >= 0.6 is 35.6 Å². The second-order valence-electron chi connectivity index (χ2n) is 6.14. The topological polar surface area (TPSA) is 66.0 Å². The van der Waals surface area contributed by atoms with Crippen molar-refractivity contribution in [1.29, 1.82) is 0 Å². The van der Waals surface area contributed by atoms with E-state index < -0.39 is 0 Å². The van der Waals surface area contributed by atoms with Gasteiger partial charge in [-0.25, -0.2) is 4.99 Å². The van der Waals surface area contributed by atoms with Crippen LogP contribution in [0.4, 0.5) is 0 Å². The molecule has 0 saturated carbocycles. The third-order valence-electron chi connectivity index (χ3n) is 4.15. The molecule has 1 amide bonds. The van der Waals surface area contributed by atoms with E-state index >= 15 is 0 Å². The number of guanidine groups is 1. The Morgan fingerprint density at radius 3 is 2.81 bits per heavy atom. The molecule has 1 aliphatic rings. The SMILES string of the molecule is CCNC(=NCc1ccc(Cl)cc1OCC)NCCCN1CCCC1=O.I. The monoisotopic (exact) mass is 508 g/mol. The van der Waals surface area contributed by atoms with Gasteiger partial charge < -0.3 is 20.3 Å². The first-order chi connectivity index (χ1) is 12.6. The lowest BCUT2D eigenvalue weighted by molar-refractivity contribution is -0.127. The molecular formula is C19H30ClIN4O2. The van der Waals surface area contributed by atoms with E-state index in [9.17, 15) is 4.79 Å². The van der Waals surface area contributed by atoms with Crippen molar-refractivity contribution >= 4 is 47.4 Å². The van der Waals surface area contributed by atoms with E-state index in [-0.39, 0.29) is 29.9 Å². The van der Waals surface area contributed by atoms with Gasteiger partial charge in [-0.2, -0.15) is 0 Å². The number of nitrogens with one attached hydrogen (secondary N) is 2. The third-order valence-corrected chi connectivity index (χ3v) is 4.38. The fraction of sp³-hybridized carbons (Fsp3) is 0.579. The average Bonchev–Trinajstić information content (AvgIpc) is 3.03. The van der Waals surface area contributed by atoms with Gasteiger partial charge in [-0.1, -0.05) is 17.7 Å². The van der Waals surface area contributed by atoms with Gasteiger partial charge in [0.25, 0.3) is 0 Å². The second kappa shape index (κ2) is 13.0. The minimum absolute atomic E-state index is 0. The lowest BCUT2D eigenvalue weighted by Crippen LogP contribution is -2.39. The maximum Gasteiger partial charge on any atom is 0.222 e. The zero-order valence-electron chi connectivity index (χ0n) is 16.1. The predicted molar refractivity (Wildman–Crippen MR) is 121 cm³/mol. The Labute approximate surface area is 184 Å². The van der Waals surface area contributed by atoms with Crippen molar-refractivity contribution in [1.82, 2.24) is 15.5 Å². The van der Waals surface area contributed by atoms with Gasteiger partial charge in [-0.15, -0.1) is 24.0 Å². The van der Waals surface area contributed by atoms with E-state index in [4.69, 9.17) is 16.3 Å². The highest BCUT2D eigenvalue weighted by molar-refractivity contribution is 14.0. The number of nitrogens with zero attached hydrogens (tertiary/aromatic N) is 2. The summed E-state index contributed by atoms with van der Waals surface area (Å²) in [5, 5.41) is 7.23. The van der Waals surface area contributed by atoms with Crippen LogP contribution in [0.15, 0.2) is 23.2 Å². The number of aliphatic imine (C=N–C) groups is 1. The van der Waals surface area contributed by atoms with Crippen LogP contribution in [-0.4, -0.2) is 49.6 Å². The number of ether oxygens (including phenoxy) is 1. The summed E-state index contributed by atoms with van der Waals surface area (Å²) in [4.78, 5) is 18.2. The van der Waals surface area contributed by atoms with Gasteiger partial charge in [0.1, 0.15) is 5.75 Å². The van der Waals surface area contributed by atoms with Crippen molar-refractivity contribution < 1.29 is 9.53 Å². The maximum atomic E-state index is 11.6. The Balaban J connectivity index is 0.00000364. The molecule has 27 heavy (non-hydrogen) atoms. The Bertz CT molecular complexity index is 628. The van der Waals surface area contributed by atoms with E-state index in [1.807, 2.05) is 36.9 Å². The highest BCUT2D eigenvalue weighted by Crippen LogP contribution is 2.24. The van der Waals surface area contributed by atoms with Gasteiger partial charge in [-0.3, -0.25) is 4.79 Å². The Morgan fingerprint density at radius 2 is 2.15 bits per heavy atom. The molecule has 1 fully saturated rings. The summed E-state index contributed by atoms with van der Waals surface area (Å²) >= 11 is 6.05. The third kappa shape index (κ3) is 8.13. The molecule has 2 rings (SSSR count). The molecule has 1 aromatic rings. The van der Waals surface area contributed by atoms with Crippen molar-refractivity contribution in [3.8, 4) is 5.75 Å². The number of benzene rings is 1. The summed E-state index contributed by atoms with van der Waals surface area (Å²) < 4.78 is 5.64. The van der Waals surface area contributed by atoms with Crippen LogP contribution in [0.5, 0.6) is 5.75 Å². The van der Waals surface area contributed by atoms with Crippen LogP contribution in [0.1, 0.15) is 38.7 Å². The van der Waals surface area contributed by atoms with Crippen LogP contribution in [0, 0.1) is 0 Å². The summed E-state index contributed by atoms with van der Waals surface area (Å²) in [7, 11) is 0. The molecule has 8 heteroatoms. The Hall–Kier alpha value is -1.22. The van der Waals surface area contributed by atoms with Gasteiger partial charge >= 0.3 is 0 Å². The first-order valence-corrected chi connectivity index (χ1v) is 9.73. The van der Waals surface area contributed by atoms with E-state index in [1.165, 1.54) is 0 Å². The number of amides is 1. The molecule has 1 aliphatic heterocycles. The van der Waals surface area contributed by atoms with Crippen molar-refractivity contribution in [2.24, 2.45) is 4.99 Å². The molecule has 0 radical (unpaired) electrons. The molecule has 0 aliphatic carbocycles. The van der Waals surface area contributed by atoms with Crippen LogP contribution in [0.2, 0.25) is 5.02 Å². The Morgan fingerprint density at radius 1 is 1.33 bits per heavy atom. The van der Waals surface area contributed by atoms with Gasteiger partial charge in [0.2, 0.25) is 5.91 Å². The summed E-state index contributed by atoms with van der Waals surface area (Å²) in [6, 6.07) is 5.62. The largest absolute Gasteiger partial charge is 0.493 e. The van der Waals surface area contributed by atoms with Gasteiger partial charge in [0.05, 0.1) is 13.2 Å². The normalized spacial score (nSPS) is 14.1. The standard InChI is InChI=1S/C19H29ClN4O2.HI/c1-3-21-19(22-10-6-12-24-11-5-7-18(24)25)23-14-15-8-9-16(20)13-17(15)26-4-2;/h8-9,13H,3-7,10-12,14H2,1-2H3,(H2,21,22,23);1H. The van der Waals surface area contributed by atoms with Gasteiger partial charge in [0.15, 0.2) is 5.96 Å². The smallest absolute Gasteiger partial charge is 0.222 e. The molecule has 2 N–H and O–H groups in total. The van der Waals surface area contributed by atoms with Gasteiger partial charge in [0, 0.05) is 43.2 Å².